The van der Waals surface area contributed by atoms with Crippen molar-refractivity contribution in [2.45, 2.75) is 12.6 Å². The average Bonchev–Trinajstić information content (AvgIpc) is 3.20. The molecule has 0 spiro atoms. The largest absolute Gasteiger partial charge is 0.478 e. The summed E-state index contributed by atoms with van der Waals surface area (Å²) >= 11 is 0. The normalized spacial score (nSPS) is 11.2. The molecule has 0 bridgehead atoms. The molecule has 0 unspecified atom stereocenters. The molecule has 4 aromatic rings. The summed E-state index contributed by atoms with van der Waals surface area (Å²) in [5, 5.41) is 12.4. The predicted molar refractivity (Wildman–Crippen MR) is 115 cm³/mol. The third kappa shape index (κ3) is 6.84. The second-order valence-electron chi connectivity index (χ2n) is 7.00. The zero-order valence-electron chi connectivity index (χ0n) is 17.2. The molecule has 6 nitrogen and oxygen atoms in total. The number of nitrogens with one attached hydrogen (secondary N) is 2. The van der Waals surface area contributed by atoms with Crippen LogP contribution in [0, 0.1) is 5.82 Å². The van der Waals surface area contributed by atoms with Gasteiger partial charge in [0.2, 0.25) is 0 Å². The summed E-state index contributed by atoms with van der Waals surface area (Å²) in [4.78, 5) is 21.5. The Morgan fingerprint density at radius 1 is 1.09 bits per heavy atom. The number of aromatic amines is 1. The molecule has 3 N–H and O–H groups in total. The Kier molecular flexibility index (Phi) is 7.73. The van der Waals surface area contributed by atoms with Crippen LogP contribution in [0.3, 0.4) is 0 Å². The van der Waals surface area contributed by atoms with Crippen LogP contribution in [-0.4, -0.2) is 45.3 Å². The highest BCUT2D eigenvalue weighted by Gasteiger charge is 2.25. The number of benzene rings is 2. The van der Waals surface area contributed by atoms with Gasteiger partial charge in [-0.25, -0.2) is 19.2 Å². The summed E-state index contributed by atoms with van der Waals surface area (Å²) in [6.07, 6.45) is 0.763. The highest BCUT2D eigenvalue weighted by molar-refractivity contribution is 5.94. The maximum Gasteiger partial charge on any atom is 0.401 e. The number of carboxylic acid groups (broad SMARTS) is 1. The first kappa shape index (κ1) is 23.9. The number of para-hydroxylation sites is 1. The molecule has 0 saturated heterocycles. The Balaban J connectivity index is 0.000000186. The molecule has 0 amide bonds. The van der Waals surface area contributed by atoms with Crippen molar-refractivity contribution in [1.29, 1.82) is 0 Å². The second kappa shape index (κ2) is 10.7. The van der Waals surface area contributed by atoms with Gasteiger partial charge in [-0.05, 0) is 48.9 Å². The SMILES string of the molecule is FC(F)(F)CNCCc1c[nH]c2ccccc12.O=C(O)c1cncnc1-c1ccc(F)cc1. The summed E-state index contributed by atoms with van der Waals surface area (Å²) < 4.78 is 48.4. The lowest BCUT2D eigenvalue weighted by Gasteiger charge is -2.07. The third-order valence-corrected chi connectivity index (χ3v) is 4.63. The number of H-pyrrole nitrogens is 1. The van der Waals surface area contributed by atoms with Crippen LogP contribution in [0.25, 0.3) is 22.2 Å². The highest BCUT2D eigenvalue weighted by Crippen LogP contribution is 2.21. The standard InChI is InChI=1S/C12H13F3N2.C11H7FN2O2/c13-12(14,15)8-16-6-5-9-7-17-11-4-2-1-3-10(9)11;12-8-3-1-7(2-4-8)10-9(11(15)16)5-13-6-14-10/h1-4,7,16-17H,5-6,8H2;1-6H,(H,15,16). The number of aromatic nitrogens is 3. The number of alkyl halides is 3. The molecule has 10 heteroatoms. The molecule has 2 aromatic carbocycles. The van der Waals surface area contributed by atoms with Crippen LogP contribution in [0.1, 0.15) is 15.9 Å². The Morgan fingerprint density at radius 3 is 2.52 bits per heavy atom. The van der Waals surface area contributed by atoms with Gasteiger partial charge >= 0.3 is 12.1 Å². The van der Waals surface area contributed by atoms with E-state index in [1.807, 2.05) is 30.5 Å². The summed E-state index contributed by atoms with van der Waals surface area (Å²) in [7, 11) is 0. The lowest BCUT2D eigenvalue weighted by Crippen LogP contribution is -2.30. The Bertz CT molecular complexity index is 1210. The monoisotopic (exact) mass is 460 g/mol. The number of carboxylic acids is 1. The van der Waals surface area contributed by atoms with Gasteiger partial charge in [-0.1, -0.05) is 18.2 Å². The van der Waals surface area contributed by atoms with E-state index in [2.05, 4.69) is 20.3 Å². The molecule has 2 aromatic heterocycles. The van der Waals surface area contributed by atoms with Gasteiger partial charge in [-0.2, -0.15) is 13.2 Å². The average molecular weight is 460 g/mol. The maximum absolute atomic E-state index is 12.7. The van der Waals surface area contributed by atoms with Crippen molar-refractivity contribution in [3.05, 3.63) is 84.2 Å². The van der Waals surface area contributed by atoms with Crippen molar-refractivity contribution < 1.29 is 27.5 Å². The number of rotatable bonds is 6. The first-order chi connectivity index (χ1) is 15.7. The smallest absolute Gasteiger partial charge is 0.401 e. The molecule has 0 atom stereocenters. The van der Waals surface area contributed by atoms with Crippen molar-refractivity contribution in [2.75, 3.05) is 13.1 Å². The second-order valence-corrected chi connectivity index (χ2v) is 7.00. The van der Waals surface area contributed by atoms with Gasteiger partial charge < -0.3 is 15.4 Å². The minimum absolute atomic E-state index is 0.00546. The van der Waals surface area contributed by atoms with Crippen LogP contribution in [0.5, 0.6) is 0 Å². The number of hydrogen-bond donors (Lipinski definition) is 3. The highest BCUT2D eigenvalue weighted by atomic mass is 19.4. The number of nitrogens with zero attached hydrogens (tertiary/aromatic N) is 2. The van der Waals surface area contributed by atoms with Crippen molar-refractivity contribution in [3.8, 4) is 11.3 Å². The predicted octanol–water partition coefficient (Wildman–Crippen LogP) is 4.84. The van der Waals surface area contributed by atoms with E-state index in [1.54, 1.807) is 0 Å². The topological polar surface area (TPSA) is 90.9 Å². The first-order valence-corrected chi connectivity index (χ1v) is 9.86. The third-order valence-electron chi connectivity index (χ3n) is 4.63. The Morgan fingerprint density at radius 2 is 1.82 bits per heavy atom. The Hall–Kier alpha value is -3.79. The minimum Gasteiger partial charge on any atom is -0.478 e. The van der Waals surface area contributed by atoms with Crippen LogP contribution >= 0.6 is 0 Å². The van der Waals surface area contributed by atoms with Crippen molar-refractivity contribution in [1.82, 2.24) is 20.3 Å². The van der Waals surface area contributed by atoms with Crippen LogP contribution in [0.4, 0.5) is 17.6 Å². The molecule has 0 aliphatic rings. The van der Waals surface area contributed by atoms with E-state index >= 15 is 0 Å². The van der Waals surface area contributed by atoms with E-state index in [4.69, 9.17) is 5.11 Å². The first-order valence-electron chi connectivity index (χ1n) is 9.86. The van der Waals surface area contributed by atoms with Crippen LogP contribution in [0.2, 0.25) is 0 Å². The number of fused-ring (bicyclic) bond motifs is 1. The van der Waals surface area contributed by atoms with Crippen LogP contribution in [-0.2, 0) is 6.42 Å². The molecular formula is C23H20F4N4O2. The van der Waals surface area contributed by atoms with Crippen LogP contribution in [0.15, 0.2) is 67.3 Å². The van der Waals surface area contributed by atoms with Gasteiger partial charge in [0, 0.05) is 28.9 Å². The molecule has 172 valence electrons. The molecule has 0 fully saturated rings. The summed E-state index contributed by atoms with van der Waals surface area (Å²) in [6.45, 7) is -0.614. The van der Waals surface area contributed by atoms with E-state index in [1.165, 1.54) is 36.8 Å². The van der Waals surface area contributed by atoms with Crippen molar-refractivity contribution in [2.24, 2.45) is 0 Å². The number of halogens is 4. The van der Waals surface area contributed by atoms with Gasteiger partial charge in [-0.15, -0.1) is 0 Å². The van der Waals surface area contributed by atoms with E-state index in [-0.39, 0.29) is 17.1 Å². The molecular weight excluding hydrogens is 440 g/mol. The number of aromatic carboxylic acids is 1. The van der Waals surface area contributed by atoms with Gasteiger partial charge in [-0.3, -0.25) is 0 Å². The zero-order chi connectivity index (χ0) is 23.8. The molecule has 0 aliphatic carbocycles. The quantitative estimate of drug-likeness (QED) is 0.283. The van der Waals surface area contributed by atoms with Gasteiger partial charge in [0.05, 0.1) is 12.2 Å². The Labute approximate surface area is 186 Å². The van der Waals surface area contributed by atoms with Gasteiger partial charge in [0.1, 0.15) is 17.7 Å². The number of carbonyl (C=O) groups is 1. The van der Waals surface area contributed by atoms with Gasteiger partial charge in [0.25, 0.3) is 0 Å². The fourth-order valence-corrected chi connectivity index (χ4v) is 3.12. The molecule has 0 saturated carbocycles. The van der Waals surface area contributed by atoms with Crippen molar-refractivity contribution >= 4 is 16.9 Å². The summed E-state index contributed by atoms with van der Waals surface area (Å²) in [6, 6.07) is 13.2. The fraction of sp³-hybridized carbons (Fsp3) is 0.174. The molecule has 4 rings (SSSR count). The van der Waals surface area contributed by atoms with Crippen LogP contribution < -0.4 is 5.32 Å². The van der Waals surface area contributed by atoms with E-state index in [9.17, 15) is 22.4 Å². The summed E-state index contributed by atoms with van der Waals surface area (Å²) in [5.41, 5.74) is 2.87. The van der Waals surface area contributed by atoms with E-state index in [0.717, 1.165) is 16.5 Å². The van der Waals surface area contributed by atoms with E-state index < -0.39 is 18.7 Å². The lowest BCUT2D eigenvalue weighted by atomic mass is 10.1. The van der Waals surface area contributed by atoms with E-state index in [0.29, 0.717) is 18.5 Å². The lowest BCUT2D eigenvalue weighted by molar-refractivity contribution is -0.124. The molecule has 0 radical (unpaired) electrons. The van der Waals surface area contributed by atoms with Crippen molar-refractivity contribution in [3.63, 3.8) is 0 Å². The molecule has 0 aliphatic heterocycles. The van der Waals surface area contributed by atoms with Gasteiger partial charge in [0.15, 0.2) is 0 Å². The fourth-order valence-electron chi connectivity index (χ4n) is 3.12. The summed E-state index contributed by atoms with van der Waals surface area (Å²) in [5.74, 6) is -1.49. The zero-order valence-corrected chi connectivity index (χ0v) is 17.2. The number of hydrogen-bond acceptors (Lipinski definition) is 4. The maximum atomic E-state index is 12.7. The molecule has 2 heterocycles. The molecule has 33 heavy (non-hydrogen) atoms. The minimum atomic E-state index is -4.14.